The van der Waals surface area contributed by atoms with Crippen molar-refractivity contribution in [3.63, 3.8) is 0 Å². The predicted molar refractivity (Wildman–Crippen MR) is 93.9 cm³/mol. The van der Waals surface area contributed by atoms with Crippen LogP contribution in [0.4, 0.5) is 0 Å². The van der Waals surface area contributed by atoms with Crippen molar-refractivity contribution in [2.24, 2.45) is 0 Å². The van der Waals surface area contributed by atoms with Crippen LogP contribution in [0.2, 0.25) is 0 Å². The molecule has 132 valence electrons. The number of ketones is 1. The first-order valence-electron chi connectivity index (χ1n) is 7.98. The quantitative estimate of drug-likeness (QED) is 0.658. The summed E-state index contributed by atoms with van der Waals surface area (Å²) >= 11 is 0. The highest BCUT2D eigenvalue weighted by Crippen LogP contribution is 2.23. The second-order valence-corrected chi connectivity index (χ2v) is 5.67. The molecule has 0 unspecified atom stereocenters. The number of carboxylic acid groups (broad SMARTS) is 1. The third kappa shape index (κ3) is 3.94. The minimum atomic E-state index is -1.00. The second kappa shape index (κ2) is 7.60. The minimum absolute atomic E-state index is 0.0143. The summed E-state index contributed by atoms with van der Waals surface area (Å²) in [7, 11) is 0. The fourth-order valence-electron chi connectivity index (χ4n) is 2.53. The molecular weight excluding hydrogens is 334 g/mol. The van der Waals surface area contributed by atoms with Gasteiger partial charge >= 0.3 is 5.97 Å². The molecular formula is C19H17N3O4. The van der Waals surface area contributed by atoms with Crippen molar-refractivity contribution in [2.45, 2.75) is 20.1 Å². The first-order valence-corrected chi connectivity index (χ1v) is 7.98. The Balaban J connectivity index is 1.84. The number of rotatable bonds is 7. The summed E-state index contributed by atoms with van der Waals surface area (Å²) < 4.78 is 7.08. The topological polar surface area (TPSA) is 94.3 Å². The zero-order valence-electron chi connectivity index (χ0n) is 14.1. The lowest BCUT2D eigenvalue weighted by Crippen LogP contribution is -2.12. The predicted octanol–water partition coefficient (Wildman–Crippen LogP) is 2.81. The number of ether oxygens (including phenoxy) is 1. The first kappa shape index (κ1) is 17.3. The Bertz CT molecular complexity index is 918. The highest BCUT2D eigenvalue weighted by atomic mass is 16.5. The highest BCUT2D eigenvalue weighted by Gasteiger charge is 2.17. The SMILES string of the molecule is CC(=O)c1ccc(OCc2nnn(CC(=O)O)c2-c2ccccc2)cc1. The van der Waals surface area contributed by atoms with Crippen molar-refractivity contribution < 1.29 is 19.4 Å². The van der Waals surface area contributed by atoms with Crippen LogP contribution in [-0.4, -0.2) is 31.9 Å². The van der Waals surface area contributed by atoms with Gasteiger partial charge in [-0.2, -0.15) is 0 Å². The molecule has 1 N–H and O–H groups in total. The molecule has 7 nitrogen and oxygen atoms in total. The molecule has 7 heteroatoms. The van der Waals surface area contributed by atoms with Crippen molar-refractivity contribution >= 4 is 11.8 Å². The van der Waals surface area contributed by atoms with E-state index in [2.05, 4.69) is 10.3 Å². The number of benzene rings is 2. The van der Waals surface area contributed by atoms with E-state index in [0.29, 0.717) is 22.7 Å². The molecule has 0 fully saturated rings. The lowest BCUT2D eigenvalue weighted by atomic mass is 10.1. The third-order valence-corrected chi connectivity index (χ3v) is 3.77. The molecule has 0 amide bonds. The van der Waals surface area contributed by atoms with Gasteiger partial charge in [0.2, 0.25) is 0 Å². The molecule has 3 aromatic rings. The molecule has 0 radical (unpaired) electrons. The Hall–Kier alpha value is -3.48. The highest BCUT2D eigenvalue weighted by molar-refractivity contribution is 5.94. The smallest absolute Gasteiger partial charge is 0.325 e. The first-order chi connectivity index (χ1) is 12.5. The molecule has 0 saturated carbocycles. The van der Waals surface area contributed by atoms with Gasteiger partial charge in [0.05, 0.1) is 5.69 Å². The van der Waals surface area contributed by atoms with E-state index >= 15 is 0 Å². The number of Topliss-reactive ketones (excluding diaryl/α,β-unsaturated/α-hetero) is 1. The molecule has 1 heterocycles. The van der Waals surface area contributed by atoms with Crippen LogP contribution in [0.3, 0.4) is 0 Å². The number of hydrogen-bond donors (Lipinski definition) is 1. The summed E-state index contributed by atoms with van der Waals surface area (Å²) in [5, 5.41) is 17.1. The molecule has 3 rings (SSSR count). The Morgan fingerprint density at radius 2 is 1.77 bits per heavy atom. The maximum absolute atomic E-state index is 11.3. The molecule has 0 aliphatic carbocycles. The van der Waals surface area contributed by atoms with E-state index in [9.17, 15) is 9.59 Å². The van der Waals surface area contributed by atoms with Gasteiger partial charge < -0.3 is 9.84 Å². The molecule has 0 saturated heterocycles. The number of carboxylic acids is 1. The standard InChI is InChI=1S/C19H17N3O4/c1-13(23)14-7-9-16(10-8-14)26-12-17-19(15-5-3-2-4-6-15)22(21-20-17)11-18(24)25/h2-10H,11-12H2,1H3,(H,24,25). The van der Waals surface area contributed by atoms with Crippen molar-refractivity contribution in [3.8, 4) is 17.0 Å². The van der Waals surface area contributed by atoms with Crippen molar-refractivity contribution in [1.82, 2.24) is 15.0 Å². The van der Waals surface area contributed by atoms with Crippen LogP contribution in [0.15, 0.2) is 54.6 Å². The molecule has 0 aliphatic rings. The molecule has 0 atom stereocenters. The van der Waals surface area contributed by atoms with E-state index in [1.807, 2.05) is 30.3 Å². The Morgan fingerprint density at radius 3 is 2.38 bits per heavy atom. The van der Waals surface area contributed by atoms with E-state index in [0.717, 1.165) is 5.56 Å². The summed E-state index contributed by atoms with van der Waals surface area (Å²) in [6.07, 6.45) is 0. The summed E-state index contributed by atoms with van der Waals surface area (Å²) in [6, 6.07) is 16.1. The summed E-state index contributed by atoms with van der Waals surface area (Å²) in [5.74, 6) is -0.430. The molecule has 1 aromatic heterocycles. The van der Waals surface area contributed by atoms with Crippen LogP contribution in [0.1, 0.15) is 23.0 Å². The lowest BCUT2D eigenvalue weighted by Gasteiger charge is -2.08. The average Bonchev–Trinajstić information content (AvgIpc) is 3.02. The summed E-state index contributed by atoms with van der Waals surface area (Å²) in [5.41, 5.74) is 2.56. The van der Waals surface area contributed by atoms with Crippen molar-refractivity contribution in [1.29, 1.82) is 0 Å². The maximum atomic E-state index is 11.3. The Kier molecular flexibility index (Phi) is 5.07. The lowest BCUT2D eigenvalue weighted by molar-refractivity contribution is -0.137. The number of aromatic nitrogens is 3. The Morgan fingerprint density at radius 1 is 1.08 bits per heavy atom. The van der Waals surface area contributed by atoms with E-state index in [4.69, 9.17) is 9.84 Å². The number of hydrogen-bond acceptors (Lipinski definition) is 5. The van der Waals surface area contributed by atoms with E-state index in [-0.39, 0.29) is 18.9 Å². The molecule has 2 aromatic carbocycles. The largest absolute Gasteiger partial charge is 0.487 e. The fraction of sp³-hybridized carbons (Fsp3) is 0.158. The number of carbonyl (C=O) groups excluding carboxylic acids is 1. The number of aliphatic carboxylic acids is 1. The number of nitrogens with zero attached hydrogens (tertiary/aromatic N) is 3. The van der Waals surface area contributed by atoms with E-state index in [1.165, 1.54) is 11.6 Å². The van der Waals surface area contributed by atoms with Gasteiger partial charge in [-0.15, -0.1) is 5.10 Å². The normalized spacial score (nSPS) is 10.5. The number of carbonyl (C=O) groups is 2. The van der Waals surface area contributed by atoms with E-state index < -0.39 is 5.97 Å². The third-order valence-electron chi connectivity index (χ3n) is 3.77. The maximum Gasteiger partial charge on any atom is 0.325 e. The van der Waals surface area contributed by atoms with Crippen LogP contribution in [0.25, 0.3) is 11.3 Å². The molecule has 26 heavy (non-hydrogen) atoms. The van der Waals surface area contributed by atoms with E-state index in [1.54, 1.807) is 24.3 Å². The van der Waals surface area contributed by atoms with Gasteiger partial charge in [-0.25, -0.2) is 4.68 Å². The summed E-state index contributed by atoms with van der Waals surface area (Å²) in [6.45, 7) is 1.34. The monoisotopic (exact) mass is 351 g/mol. The summed E-state index contributed by atoms with van der Waals surface area (Å²) in [4.78, 5) is 22.4. The fourth-order valence-corrected chi connectivity index (χ4v) is 2.53. The van der Waals surface area contributed by atoms with Crippen LogP contribution < -0.4 is 4.74 Å². The average molecular weight is 351 g/mol. The van der Waals surface area contributed by atoms with Gasteiger partial charge in [-0.3, -0.25) is 9.59 Å². The molecule has 0 spiro atoms. The van der Waals surface area contributed by atoms with Crippen molar-refractivity contribution in [3.05, 3.63) is 65.9 Å². The zero-order valence-corrected chi connectivity index (χ0v) is 14.1. The minimum Gasteiger partial charge on any atom is -0.487 e. The van der Waals surface area contributed by atoms with Crippen LogP contribution in [0.5, 0.6) is 5.75 Å². The molecule has 0 bridgehead atoms. The van der Waals surface area contributed by atoms with Crippen molar-refractivity contribution in [2.75, 3.05) is 0 Å². The van der Waals surface area contributed by atoms with Gasteiger partial charge in [0.1, 0.15) is 24.6 Å². The zero-order chi connectivity index (χ0) is 18.5. The van der Waals surface area contributed by atoms with Crippen LogP contribution >= 0.6 is 0 Å². The van der Waals surface area contributed by atoms with Crippen LogP contribution in [-0.2, 0) is 17.9 Å². The van der Waals surface area contributed by atoms with Gasteiger partial charge in [-0.05, 0) is 31.2 Å². The van der Waals surface area contributed by atoms with Crippen LogP contribution in [0, 0.1) is 0 Å². The second-order valence-electron chi connectivity index (χ2n) is 5.67. The van der Waals surface area contributed by atoms with Gasteiger partial charge in [0.15, 0.2) is 5.78 Å². The van der Waals surface area contributed by atoms with Gasteiger partial charge in [-0.1, -0.05) is 35.5 Å². The molecule has 0 aliphatic heterocycles. The van der Waals surface area contributed by atoms with Gasteiger partial charge in [0.25, 0.3) is 0 Å². The van der Waals surface area contributed by atoms with Gasteiger partial charge in [0, 0.05) is 11.1 Å². The Labute approximate surface area is 149 Å².